The van der Waals surface area contributed by atoms with E-state index in [0.717, 1.165) is 27.2 Å². The third kappa shape index (κ3) is 5.22. The largest absolute Gasteiger partial charge is 0.394 e. The minimum absolute atomic E-state index is 0.0151. The number of aliphatic hydroxyl groups is 1. The van der Waals surface area contributed by atoms with Crippen molar-refractivity contribution in [2.75, 3.05) is 38.2 Å². The number of nitrogens with one attached hydrogen (secondary N) is 2. The Bertz CT molecular complexity index is 870. The lowest BCUT2D eigenvalue weighted by Crippen LogP contribution is -2.29. The van der Waals surface area contributed by atoms with E-state index in [0.29, 0.717) is 26.1 Å². The first-order chi connectivity index (χ1) is 13.3. The Morgan fingerprint density at radius 2 is 2.00 bits per heavy atom. The van der Waals surface area contributed by atoms with Crippen molar-refractivity contribution in [3.05, 3.63) is 42.0 Å². The monoisotopic (exact) mass is 386 g/mol. The number of rotatable bonds is 10. The average Bonchev–Trinajstić information content (AvgIpc) is 3.13. The smallest absolute Gasteiger partial charge is 0.221 e. The molecule has 2 heterocycles. The first-order valence-corrected chi connectivity index (χ1v) is 9.64. The van der Waals surface area contributed by atoms with Crippen LogP contribution in [0.5, 0.6) is 0 Å². The Kier molecular flexibility index (Phi) is 7.09. The van der Waals surface area contributed by atoms with E-state index in [9.17, 15) is 4.79 Å². The molecule has 3 aromatic rings. The number of hydrogen-bond donors (Lipinski definition) is 3. The van der Waals surface area contributed by atoms with Crippen LogP contribution in [0.4, 0.5) is 5.82 Å². The van der Waals surface area contributed by atoms with Gasteiger partial charge in [-0.15, -0.1) is 11.3 Å². The molecular formula is C19H22N4O3S. The number of anilines is 1. The molecule has 0 spiro atoms. The standard InChI is InChI=1S/C19H22N4O3S/c24-9-11-26-10-8-20-16(25)6-7-21-18-17-15(14-4-2-1-3-5-14)12-27-19(17)23-13-22-18/h1-5,12-13,24H,6-11H2,(H,20,25)(H,21,22,23). The molecule has 0 unspecified atom stereocenters. The molecule has 8 heteroatoms. The van der Waals surface area contributed by atoms with Crippen molar-refractivity contribution in [2.45, 2.75) is 6.42 Å². The van der Waals surface area contributed by atoms with Crippen LogP contribution in [0.25, 0.3) is 21.3 Å². The Morgan fingerprint density at radius 1 is 1.15 bits per heavy atom. The molecule has 0 saturated heterocycles. The van der Waals surface area contributed by atoms with E-state index in [1.165, 1.54) is 6.33 Å². The highest BCUT2D eigenvalue weighted by Crippen LogP contribution is 2.36. The summed E-state index contributed by atoms with van der Waals surface area (Å²) in [5.74, 6) is 0.674. The van der Waals surface area contributed by atoms with Gasteiger partial charge in [0.25, 0.3) is 0 Å². The molecule has 27 heavy (non-hydrogen) atoms. The van der Waals surface area contributed by atoms with Gasteiger partial charge in [-0.25, -0.2) is 9.97 Å². The Hall–Kier alpha value is -2.55. The second-order valence-electron chi connectivity index (χ2n) is 5.78. The maximum absolute atomic E-state index is 11.9. The number of aliphatic hydroxyl groups excluding tert-OH is 1. The molecule has 0 aliphatic rings. The lowest BCUT2D eigenvalue weighted by atomic mass is 10.1. The lowest BCUT2D eigenvalue weighted by molar-refractivity contribution is -0.121. The molecule has 0 radical (unpaired) electrons. The maximum atomic E-state index is 11.9. The van der Waals surface area contributed by atoms with Crippen molar-refractivity contribution in [2.24, 2.45) is 0 Å². The molecule has 7 nitrogen and oxygen atoms in total. The summed E-state index contributed by atoms with van der Waals surface area (Å²) in [5.41, 5.74) is 2.20. The van der Waals surface area contributed by atoms with Crippen LogP contribution in [0.2, 0.25) is 0 Å². The van der Waals surface area contributed by atoms with Crippen molar-refractivity contribution >= 4 is 33.3 Å². The van der Waals surface area contributed by atoms with Crippen molar-refractivity contribution in [3.8, 4) is 11.1 Å². The number of ether oxygens (including phenoxy) is 1. The van der Waals surface area contributed by atoms with Gasteiger partial charge >= 0.3 is 0 Å². The zero-order valence-electron chi connectivity index (χ0n) is 14.9. The van der Waals surface area contributed by atoms with Crippen LogP contribution in [-0.4, -0.2) is 53.9 Å². The molecule has 0 saturated carbocycles. The second-order valence-corrected chi connectivity index (χ2v) is 6.64. The van der Waals surface area contributed by atoms with E-state index in [2.05, 4.69) is 38.1 Å². The molecule has 3 N–H and O–H groups in total. The highest BCUT2D eigenvalue weighted by Gasteiger charge is 2.13. The number of carbonyl (C=O) groups excluding carboxylic acids is 1. The molecule has 0 aliphatic heterocycles. The summed E-state index contributed by atoms with van der Waals surface area (Å²) in [7, 11) is 0. The molecule has 3 rings (SSSR count). The Balaban J connectivity index is 1.59. The van der Waals surface area contributed by atoms with Crippen LogP contribution in [0.15, 0.2) is 42.0 Å². The van der Waals surface area contributed by atoms with Crippen molar-refractivity contribution in [1.29, 1.82) is 0 Å². The minimum atomic E-state index is -0.0611. The van der Waals surface area contributed by atoms with Crippen LogP contribution in [0.1, 0.15) is 6.42 Å². The Labute approximate surface area is 161 Å². The Morgan fingerprint density at radius 3 is 2.81 bits per heavy atom. The number of nitrogens with zero attached hydrogens (tertiary/aromatic N) is 2. The number of amides is 1. The average molecular weight is 386 g/mol. The van der Waals surface area contributed by atoms with Gasteiger partial charge in [-0.1, -0.05) is 30.3 Å². The molecule has 1 aromatic carbocycles. The summed E-state index contributed by atoms with van der Waals surface area (Å²) >= 11 is 1.58. The van der Waals surface area contributed by atoms with E-state index in [1.54, 1.807) is 11.3 Å². The summed E-state index contributed by atoms with van der Waals surface area (Å²) in [6, 6.07) is 10.1. The minimum Gasteiger partial charge on any atom is -0.394 e. The van der Waals surface area contributed by atoms with Crippen molar-refractivity contribution < 1.29 is 14.6 Å². The molecule has 0 fully saturated rings. The zero-order chi connectivity index (χ0) is 18.9. The number of thiophene rings is 1. The number of carbonyl (C=O) groups is 1. The highest BCUT2D eigenvalue weighted by atomic mass is 32.1. The van der Waals surface area contributed by atoms with Gasteiger partial charge in [0.1, 0.15) is 17.0 Å². The van der Waals surface area contributed by atoms with E-state index >= 15 is 0 Å². The molecule has 2 aromatic heterocycles. The normalized spacial score (nSPS) is 10.9. The zero-order valence-corrected chi connectivity index (χ0v) is 15.7. The molecule has 1 amide bonds. The van der Waals surface area contributed by atoms with E-state index in [4.69, 9.17) is 9.84 Å². The summed E-state index contributed by atoms with van der Waals surface area (Å²) < 4.78 is 5.11. The van der Waals surface area contributed by atoms with Gasteiger partial charge in [-0.2, -0.15) is 0 Å². The van der Waals surface area contributed by atoms with Gasteiger partial charge in [0.15, 0.2) is 0 Å². The van der Waals surface area contributed by atoms with Crippen LogP contribution in [0.3, 0.4) is 0 Å². The number of benzene rings is 1. The summed E-state index contributed by atoms with van der Waals surface area (Å²) in [6.45, 7) is 1.56. The van der Waals surface area contributed by atoms with Gasteiger partial charge in [0.2, 0.25) is 5.91 Å². The molecule has 0 bridgehead atoms. The lowest BCUT2D eigenvalue weighted by Gasteiger charge is -2.09. The number of hydrogen-bond acceptors (Lipinski definition) is 7. The topological polar surface area (TPSA) is 96.4 Å². The van der Waals surface area contributed by atoms with Crippen molar-refractivity contribution in [3.63, 3.8) is 0 Å². The fourth-order valence-corrected chi connectivity index (χ4v) is 3.57. The quantitative estimate of drug-likeness (QED) is 0.463. The van der Waals surface area contributed by atoms with Gasteiger partial charge in [-0.05, 0) is 5.56 Å². The van der Waals surface area contributed by atoms with E-state index < -0.39 is 0 Å². The summed E-state index contributed by atoms with van der Waals surface area (Å²) in [4.78, 5) is 21.5. The van der Waals surface area contributed by atoms with Gasteiger partial charge < -0.3 is 20.5 Å². The SMILES string of the molecule is O=C(CCNc1ncnc2scc(-c3ccccc3)c12)NCCOCCO. The molecule has 0 aliphatic carbocycles. The summed E-state index contributed by atoms with van der Waals surface area (Å²) in [6.07, 6.45) is 1.87. The molecular weight excluding hydrogens is 364 g/mol. The maximum Gasteiger partial charge on any atom is 0.221 e. The van der Waals surface area contributed by atoms with Crippen LogP contribution in [0, 0.1) is 0 Å². The van der Waals surface area contributed by atoms with E-state index in [-0.39, 0.29) is 19.1 Å². The van der Waals surface area contributed by atoms with Gasteiger partial charge in [-0.3, -0.25) is 4.79 Å². The third-order valence-electron chi connectivity index (χ3n) is 3.90. The highest BCUT2D eigenvalue weighted by molar-refractivity contribution is 7.17. The van der Waals surface area contributed by atoms with Gasteiger partial charge in [0.05, 0.1) is 25.2 Å². The second kappa shape index (κ2) is 9.96. The van der Waals surface area contributed by atoms with E-state index in [1.807, 2.05) is 18.2 Å². The molecule has 0 atom stereocenters. The number of fused-ring (bicyclic) bond motifs is 1. The predicted molar refractivity (Wildman–Crippen MR) is 107 cm³/mol. The van der Waals surface area contributed by atoms with Gasteiger partial charge in [0, 0.05) is 30.5 Å². The predicted octanol–water partition coefficient (Wildman–Crippen LogP) is 2.29. The fraction of sp³-hybridized carbons (Fsp3) is 0.316. The third-order valence-corrected chi connectivity index (χ3v) is 4.79. The first kappa shape index (κ1) is 19.2. The molecule has 142 valence electrons. The fourth-order valence-electron chi connectivity index (χ4n) is 2.65. The van der Waals surface area contributed by atoms with Crippen LogP contribution in [-0.2, 0) is 9.53 Å². The first-order valence-electron chi connectivity index (χ1n) is 8.76. The van der Waals surface area contributed by atoms with Crippen LogP contribution < -0.4 is 10.6 Å². The van der Waals surface area contributed by atoms with Crippen molar-refractivity contribution in [1.82, 2.24) is 15.3 Å². The number of aromatic nitrogens is 2. The van der Waals surface area contributed by atoms with Crippen LogP contribution >= 0.6 is 11.3 Å². The summed E-state index contributed by atoms with van der Waals surface area (Å²) in [5, 5.41) is 17.7.